The van der Waals surface area contributed by atoms with Crippen LogP contribution in [0.4, 0.5) is 10.5 Å². The molecule has 0 aliphatic rings. The van der Waals surface area contributed by atoms with Crippen molar-refractivity contribution in [3.05, 3.63) is 84.4 Å². The third kappa shape index (κ3) is 6.31. The molecule has 0 aliphatic carbocycles. The van der Waals surface area contributed by atoms with Crippen LogP contribution >= 0.6 is 0 Å². The van der Waals surface area contributed by atoms with E-state index < -0.39 is 24.0 Å². The number of hydroxylamine groups is 1. The molecule has 0 aliphatic heterocycles. The number of nitrogens with one attached hydrogen (secondary N) is 2. The number of anilines is 1. The van der Waals surface area contributed by atoms with Crippen molar-refractivity contribution in [1.29, 1.82) is 0 Å². The first-order valence-electron chi connectivity index (χ1n) is 10.4. The Morgan fingerprint density at radius 3 is 2.55 bits per heavy atom. The van der Waals surface area contributed by atoms with Gasteiger partial charge < -0.3 is 14.6 Å². The minimum absolute atomic E-state index is 0.0725. The maximum atomic E-state index is 12.9. The van der Waals surface area contributed by atoms with E-state index in [0.717, 1.165) is 16.8 Å². The summed E-state index contributed by atoms with van der Waals surface area (Å²) in [6.45, 7) is 1.66. The number of carbonyl (C=O) groups is 2. The van der Waals surface area contributed by atoms with E-state index in [9.17, 15) is 9.59 Å². The lowest BCUT2D eigenvalue weighted by Gasteiger charge is -2.25. The number of ether oxygens (including phenoxy) is 2. The van der Waals surface area contributed by atoms with Gasteiger partial charge in [0.2, 0.25) is 0 Å². The summed E-state index contributed by atoms with van der Waals surface area (Å²) in [6, 6.07) is 20.2. The van der Waals surface area contributed by atoms with Crippen molar-refractivity contribution >= 4 is 28.5 Å². The van der Waals surface area contributed by atoms with Crippen molar-refractivity contribution in [3.8, 4) is 5.75 Å². The predicted molar refractivity (Wildman–Crippen MR) is 124 cm³/mol. The van der Waals surface area contributed by atoms with E-state index in [1.807, 2.05) is 36.4 Å². The minimum atomic E-state index is -0.822. The molecule has 4 N–H and O–H groups in total. The molecule has 0 unspecified atom stereocenters. The zero-order valence-electron chi connectivity index (χ0n) is 18.1. The van der Waals surface area contributed by atoms with Gasteiger partial charge in [0.15, 0.2) is 0 Å². The third-order valence-corrected chi connectivity index (χ3v) is 4.97. The number of aliphatic hydroxyl groups is 1. The molecule has 3 aromatic rings. The number of hydrogen-bond acceptors (Lipinski definition) is 6. The highest BCUT2D eigenvalue weighted by atomic mass is 16.6. The van der Waals surface area contributed by atoms with E-state index >= 15 is 0 Å². The summed E-state index contributed by atoms with van der Waals surface area (Å²) in [4.78, 5) is 24.4. The molecule has 172 valence electrons. The Balaban J connectivity index is 1.88. The van der Waals surface area contributed by atoms with Gasteiger partial charge in [-0.25, -0.2) is 10.3 Å². The van der Waals surface area contributed by atoms with Crippen LogP contribution in [0.15, 0.2) is 78.9 Å². The van der Waals surface area contributed by atoms with Crippen molar-refractivity contribution in [2.24, 2.45) is 5.92 Å². The van der Waals surface area contributed by atoms with Crippen LogP contribution in [0.1, 0.15) is 18.6 Å². The number of fused-ring (bicyclic) bond motifs is 1. The summed E-state index contributed by atoms with van der Waals surface area (Å²) < 4.78 is 11.4. The average molecular weight is 450 g/mol. The number of amides is 2. The fourth-order valence-electron chi connectivity index (χ4n) is 3.42. The summed E-state index contributed by atoms with van der Waals surface area (Å²) in [7, 11) is 0. The maximum absolute atomic E-state index is 12.9. The molecule has 3 rings (SSSR count). The molecular formula is C25H26N2O6. The van der Waals surface area contributed by atoms with Crippen molar-refractivity contribution in [3.63, 3.8) is 0 Å². The summed E-state index contributed by atoms with van der Waals surface area (Å²) in [5.41, 5.74) is 2.70. The Kier molecular flexibility index (Phi) is 8.40. The average Bonchev–Trinajstić information content (AvgIpc) is 2.84. The van der Waals surface area contributed by atoms with Crippen molar-refractivity contribution in [2.75, 3.05) is 18.5 Å². The Bertz CT molecular complexity index is 1130. The van der Waals surface area contributed by atoms with Gasteiger partial charge in [0.25, 0.3) is 5.91 Å². The lowest BCUT2D eigenvalue weighted by atomic mass is 9.96. The molecule has 2 atom stereocenters. The summed E-state index contributed by atoms with van der Waals surface area (Å²) in [5.74, 6) is -0.716. The second-order valence-corrected chi connectivity index (χ2v) is 7.28. The van der Waals surface area contributed by atoms with Gasteiger partial charge in [-0.1, -0.05) is 67.6 Å². The van der Waals surface area contributed by atoms with Crippen LogP contribution in [0.25, 0.3) is 10.8 Å². The monoisotopic (exact) mass is 450 g/mol. The molecule has 0 saturated heterocycles. The van der Waals surface area contributed by atoms with Crippen molar-refractivity contribution in [1.82, 2.24) is 5.48 Å². The molecule has 8 nitrogen and oxygen atoms in total. The SMILES string of the molecule is C[C@H](/C=C/C(=O)NO)[C@@H](OC(=O)Nc1cccc2ccccc12)c1ccccc1OCCO. The fraction of sp³-hybridized carbons (Fsp3) is 0.200. The van der Waals surface area contributed by atoms with Crippen LogP contribution in [-0.4, -0.2) is 35.5 Å². The maximum Gasteiger partial charge on any atom is 0.412 e. The molecular weight excluding hydrogens is 424 g/mol. The Morgan fingerprint density at radius 1 is 1.03 bits per heavy atom. The highest BCUT2D eigenvalue weighted by Crippen LogP contribution is 2.34. The van der Waals surface area contributed by atoms with Crippen molar-refractivity contribution < 1.29 is 29.4 Å². The molecule has 0 heterocycles. The number of para-hydroxylation sites is 1. The molecule has 0 bridgehead atoms. The van der Waals surface area contributed by atoms with Gasteiger partial charge in [-0.05, 0) is 17.5 Å². The van der Waals surface area contributed by atoms with E-state index in [1.54, 1.807) is 37.3 Å². The Morgan fingerprint density at radius 2 is 1.76 bits per heavy atom. The second kappa shape index (κ2) is 11.7. The number of rotatable bonds is 9. The van der Waals surface area contributed by atoms with E-state index in [1.165, 1.54) is 11.6 Å². The molecule has 8 heteroatoms. The van der Waals surface area contributed by atoms with Gasteiger partial charge in [0, 0.05) is 22.9 Å². The Hall–Kier alpha value is -3.88. The Labute approximate surface area is 191 Å². The van der Waals surface area contributed by atoms with Crippen molar-refractivity contribution in [2.45, 2.75) is 13.0 Å². The van der Waals surface area contributed by atoms with Crippen LogP contribution in [0.2, 0.25) is 0 Å². The van der Waals surface area contributed by atoms with Crippen LogP contribution in [0.5, 0.6) is 5.75 Å². The largest absolute Gasteiger partial charge is 0.491 e. The highest BCUT2D eigenvalue weighted by molar-refractivity contribution is 6.00. The normalized spacial score (nSPS) is 12.8. The summed E-state index contributed by atoms with van der Waals surface area (Å²) in [6.07, 6.45) is 1.17. The van der Waals surface area contributed by atoms with E-state index in [0.29, 0.717) is 17.0 Å². The quantitative estimate of drug-likeness (QED) is 0.221. The van der Waals surface area contributed by atoms with Gasteiger partial charge in [-0.3, -0.25) is 15.3 Å². The van der Waals surface area contributed by atoms with Gasteiger partial charge in [0.05, 0.1) is 12.3 Å². The highest BCUT2D eigenvalue weighted by Gasteiger charge is 2.26. The molecule has 0 spiro atoms. The third-order valence-electron chi connectivity index (χ3n) is 4.97. The molecule has 33 heavy (non-hydrogen) atoms. The lowest BCUT2D eigenvalue weighted by molar-refractivity contribution is -0.124. The summed E-state index contributed by atoms with van der Waals surface area (Å²) in [5, 5.41) is 22.5. The van der Waals surface area contributed by atoms with Gasteiger partial charge in [-0.15, -0.1) is 0 Å². The topological polar surface area (TPSA) is 117 Å². The number of benzene rings is 3. The first kappa shape index (κ1) is 23.8. The zero-order valence-corrected chi connectivity index (χ0v) is 18.1. The first-order chi connectivity index (χ1) is 16.0. The van der Waals surface area contributed by atoms with Crippen LogP contribution in [0.3, 0.4) is 0 Å². The first-order valence-corrected chi connectivity index (χ1v) is 10.4. The zero-order chi connectivity index (χ0) is 23.6. The van der Waals surface area contributed by atoms with Crippen LogP contribution in [-0.2, 0) is 9.53 Å². The molecule has 0 fully saturated rings. The van der Waals surface area contributed by atoms with Gasteiger partial charge in [-0.2, -0.15) is 0 Å². The smallest absolute Gasteiger partial charge is 0.412 e. The van der Waals surface area contributed by atoms with E-state index in [2.05, 4.69) is 5.32 Å². The van der Waals surface area contributed by atoms with Gasteiger partial charge in [0.1, 0.15) is 18.5 Å². The second-order valence-electron chi connectivity index (χ2n) is 7.28. The number of aliphatic hydroxyl groups excluding tert-OH is 1. The predicted octanol–water partition coefficient (Wildman–Crippen LogP) is 4.20. The molecule has 0 aromatic heterocycles. The molecule has 0 saturated carbocycles. The summed E-state index contributed by atoms with van der Waals surface area (Å²) >= 11 is 0. The van der Waals surface area contributed by atoms with Gasteiger partial charge >= 0.3 is 6.09 Å². The minimum Gasteiger partial charge on any atom is -0.491 e. The fourth-order valence-corrected chi connectivity index (χ4v) is 3.42. The number of carbonyl (C=O) groups excluding carboxylic acids is 2. The lowest BCUT2D eigenvalue weighted by Crippen LogP contribution is -2.22. The molecule has 2 amide bonds. The molecule has 0 radical (unpaired) electrons. The number of hydrogen-bond donors (Lipinski definition) is 4. The standard InChI is InChI=1S/C25H26N2O6/c1-17(13-14-23(29)27-31)24(20-10-4-5-12-22(20)32-16-15-28)33-25(30)26-21-11-6-8-18-7-2-3-9-19(18)21/h2-14,17,24,28,31H,15-16H2,1H3,(H,26,30)(H,27,29)/b14-13+/t17-,24-/m1/s1. The van der Waals surface area contributed by atoms with E-state index in [-0.39, 0.29) is 13.2 Å². The van der Waals surface area contributed by atoms with Crippen LogP contribution < -0.4 is 15.5 Å². The van der Waals surface area contributed by atoms with Crippen LogP contribution in [0, 0.1) is 5.92 Å². The molecule has 3 aromatic carbocycles. The van der Waals surface area contributed by atoms with E-state index in [4.69, 9.17) is 19.8 Å².